The Bertz CT molecular complexity index is 607. The summed E-state index contributed by atoms with van der Waals surface area (Å²) in [5.41, 5.74) is 0. The Hall–Kier alpha value is -2.12. The average Bonchev–Trinajstić information content (AvgIpc) is 2.93. The predicted molar refractivity (Wildman–Crippen MR) is 157 cm³/mol. The second-order valence-corrected chi connectivity index (χ2v) is 10.8. The fourth-order valence-electron chi connectivity index (χ4n) is 4.20. The van der Waals surface area contributed by atoms with Gasteiger partial charge in [-0.05, 0) is 39.5 Å². The molecule has 234 valence electrons. The van der Waals surface area contributed by atoms with Crippen molar-refractivity contribution in [3.05, 3.63) is 0 Å². The van der Waals surface area contributed by atoms with Gasteiger partial charge in [0.2, 0.25) is 0 Å². The molecule has 0 saturated carbocycles. The third-order valence-corrected chi connectivity index (χ3v) is 6.78. The molecule has 0 aromatic rings. The Morgan fingerprint density at radius 3 is 1.10 bits per heavy atom. The van der Waals surface area contributed by atoms with Gasteiger partial charge in [0.05, 0.1) is 13.2 Å². The molecule has 0 radical (unpaired) electrons. The maximum absolute atomic E-state index is 12.0. The molecule has 0 aliphatic heterocycles. The molecule has 0 amide bonds. The van der Waals surface area contributed by atoms with Crippen molar-refractivity contribution in [2.45, 2.75) is 168 Å². The Labute approximate surface area is 243 Å². The minimum absolute atomic E-state index is 0.272. The maximum atomic E-state index is 12.0. The highest BCUT2D eigenvalue weighted by atomic mass is 16.6. The van der Waals surface area contributed by atoms with E-state index in [1.165, 1.54) is 38.5 Å². The first-order valence-corrected chi connectivity index (χ1v) is 16.0. The number of carbonyl (C=O) groups excluding carboxylic acids is 4. The largest absolute Gasteiger partial charge is 0.463 e. The van der Waals surface area contributed by atoms with Gasteiger partial charge in [-0.25, -0.2) is 9.59 Å². The van der Waals surface area contributed by atoms with Crippen LogP contribution in [0.5, 0.6) is 0 Å². The summed E-state index contributed by atoms with van der Waals surface area (Å²) in [6.45, 7) is 8.19. The summed E-state index contributed by atoms with van der Waals surface area (Å²) >= 11 is 0. The van der Waals surface area contributed by atoms with Crippen LogP contribution in [0, 0.1) is 0 Å². The molecule has 8 heteroatoms. The van der Waals surface area contributed by atoms with Crippen molar-refractivity contribution in [3.8, 4) is 0 Å². The van der Waals surface area contributed by atoms with Crippen LogP contribution in [0.4, 0.5) is 0 Å². The topological polar surface area (TPSA) is 105 Å². The lowest BCUT2D eigenvalue weighted by atomic mass is 10.1. The van der Waals surface area contributed by atoms with Crippen LogP contribution in [0.3, 0.4) is 0 Å². The molecule has 0 spiro atoms. The van der Waals surface area contributed by atoms with Gasteiger partial charge in [0.1, 0.15) is 0 Å². The molecule has 0 aliphatic rings. The Morgan fingerprint density at radius 1 is 0.450 bits per heavy atom. The van der Waals surface area contributed by atoms with Crippen LogP contribution in [0.2, 0.25) is 0 Å². The lowest BCUT2D eigenvalue weighted by molar-refractivity contribution is -0.166. The van der Waals surface area contributed by atoms with E-state index in [1.807, 2.05) is 0 Å². The first kappa shape index (κ1) is 37.9. The van der Waals surface area contributed by atoms with E-state index in [0.717, 1.165) is 64.2 Å². The number of esters is 4. The highest BCUT2D eigenvalue weighted by Crippen LogP contribution is 2.12. The lowest BCUT2D eigenvalue weighted by Crippen LogP contribution is -2.26. The minimum Gasteiger partial charge on any atom is -0.463 e. The fraction of sp³-hybridized carbons (Fsp3) is 0.875. The molecule has 40 heavy (non-hydrogen) atoms. The van der Waals surface area contributed by atoms with Crippen LogP contribution in [-0.2, 0) is 38.1 Å². The van der Waals surface area contributed by atoms with Crippen molar-refractivity contribution in [2.24, 2.45) is 0 Å². The molecule has 0 N–H and O–H groups in total. The van der Waals surface area contributed by atoms with E-state index in [-0.39, 0.29) is 24.8 Å². The van der Waals surface area contributed by atoms with Crippen molar-refractivity contribution in [1.82, 2.24) is 0 Å². The molecule has 0 aromatic carbocycles. The van der Waals surface area contributed by atoms with Crippen LogP contribution in [0.25, 0.3) is 0 Å². The number of hydrogen-bond donors (Lipinski definition) is 0. The van der Waals surface area contributed by atoms with E-state index >= 15 is 0 Å². The van der Waals surface area contributed by atoms with Gasteiger partial charge >= 0.3 is 23.9 Å². The Morgan fingerprint density at radius 2 is 0.750 bits per heavy atom. The summed E-state index contributed by atoms with van der Waals surface area (Å²) in [6.07, 6.45) is 17.2. The summed E-state index contributed by atoms with van der Waals surface area (Å²) in [4.78, 5) is 47.9. The van der Waals surface area contributed by atoms with E-state index < -0.39 is 24.1 Å². The highest BCUT2D eigenvalue weighted by Gasteiger charge is 2.20. The first-order chi connectivity index (χ1) is 19.3. The van der Waals surface area contributed by atoms with Gasteiger partial charge in [0, 0.05) is 12.8 Å². The summed E-state index contributed by atoms with van der Waals surface area (Å²) in [5.74, 6) is -1.74. The zero-order valence-corrected chi connectivity index (χ0v) is 26.0. The molecule has 8 nitrogen and oxygen atoms in total. The molecule has 0 fully saturated rings. The number of unbranched alkanes of at least 4 members (excludes halogenated alkanes) is 15. The highest BCUT2D eigenvalue weighted by molar-refractivity contribution is 5.79. The zero-order valence-electron chi connectivity index (χ0n) is 26.0. The lowest BCUT2D eigenvalue weighted by Gasteiger charge is -2.13. The molecule has 0 rings (SSSR count). The molecular formula is C32H58O8. The molecule has 0 aliphatic carbocycles. The van der Waals surface area contributed by atoms with Crippen molar-refractivity contribution in [2.75, 3.05) is 13.2 Å². The molecule has 0 saturated heterocycles. The van der Waals surface area contributed by atoms with Crippen molar-refractivity contribution < 1.29 is 38.1 Å². The third kappa shape index (κ3) is 23.7. The molecule has 2 unspecified atom stereocenters. The van der Waals surface area contributed by atoms with Crippen LogP contribution >= 0.6 is 0 Å². The van der Waals surface area contributed by atoms with Crippen molar-refractivity contribution in [1.29, 1.82) is 0 Å². The molecular weight excluding hydrogens is 512 g/mol. The summed E-state index contributed by atoms with van der Waals surface area (Å²) < 4.78 is 20.8. The SMILES string of the molecule is CCCCCCCCOC(=O)C(C)OC(=O)CCCCCCCCC(=O)OC(C)C(=O)OCCCCCCCC. The monoisotopic (exact) mass is 570 g/mol. The summed E-state index contributed by atoms with van der Waals surface area (Å²) in [5, 5.41) is 0. The molecule has 0 heterocycles. The smallest absolute Gasteiger partial charge is 0.347 e. The van der Waals surface area contributed by atoms with E-state index in [4.69, 9.17) is 18.9 Å². The molecule has 2 atom stereocenters. The van der Waals surface area contributed by atoms with Gasteiger partial charge in [0.25, 0.3) is 0 Å². The van der Waals surface area contributed by atoms with Crippen molar-refractivity contribution >= 4 is 23.9 Å². The standard InChI is InChI=1S/C32H58O8/c1-5-7-9-11-17-21-25-37-31(35)27(3)39-29(33)23-19-15-13-14-16-20-24-30(34)40-28(4)32(36)38-26-22-18-12-10-8-6-2/h27-28H,5-26H2,1-4H3. The van der Waals surface area contributed by atoms with Crippen LogP contribution in [-0.4, -0.2) is 49.3 Å². The van der Waals surface area contributed by atoms with Gasteiger partial charge in [-0.1, -0.05) is 104 Å². The normalized spacial score (nSPS) is 12.4. The van der Waals surface area contributed by atoms with E-state index in [1.54, 1.807) is 13.8 Å². The molecule has 0 aromatic heterocycles. The predicted octanol–water partition coefficient (Wildman–Crippen LogP) is 7.78. The second kappa shape index (κ2) is 27.1. The van der Waals surface area contributed by atoms with E-state index in [9.17, 15) is 19.2 Å². The first-order valence-electron chi connectivity index (χ1n) is 16.0. The number of hydrogen-bond acceptors (Lipinski definition) is 8. The number of carbonyl (C=O) groups is 4. The average molecular weight is 571 g/mol. The molecule has 0 bridgehead atoms. The van der Waals surface area contributed by atoms with E-state index in [0.29, 0.717) is 26.1 Å². The van der Waals surface area contributed by atoms with Gasteiger partial charge < -0.3 is 18.9 Å². The summed E-state index contributed by atoms with van der Waals surface area (Å²) in [6, 6.07) is 0. The van der Waals surface area contributed by atoms with Crippen LogP contribution in [0.15, 0.2) is 0 Å². The maximum Gasteiger partial charge on any atom is 0.347 e. The third-order valence-electron chi connectivity index (χ3n) is 6.78. The Balaban J connectivity index is 3.68. The van der Waals surface area contributed by atoms with Gasteiger partial charge in [-0.2, -0.15) is 0 Å². The minimum atomic E-state index is -0.878. The van der Waals surface area contributed by atoms with Gasteiger partial charge in [-0.3, -0.25) is 9.59 Å². The summed E-state index contributed by atoms with van der Waals surface area (Å²) in [7, 11) is 0. The fourth-order valence-corrected chi connectivity index (χ4v) is 4.20. The number of rotatable bonds is 27. The van der Waals surface area contributed by atoms with Gasteiger partial charge in [-0.15, -0.1) is 0 Å². The van der Waals surface area contributed by atoms with Gasteiger partial charge in [0.15, 0.2) is 12.2 Å². The van der Waals surface area contributed by atoms with Crippen LogP contribution < -0.4 is 0 Å². The van der Waals surface area contributed by atoms with Crippen molar-refractivity contribution in [3.63, 3.8) is 0 Å². The quantitative estimate of drug-likeness (QED) is 0.0560. The zero-order chi connectivity index (χ0) is 29.8. The Kier molecular flexibility index (Phi) is 25.6. The van der Waals surface area contributed by atoms with E-state index in [2.05, 4.69) is 13.8 Å². The van der Waals surface area contributed by atoms with Crippen LogP contribution in [0.1, 0.15) is 156 Å². The number of ether oxygens (including phenoxy) is 4. The second-order valence-electron chi connectivity index (χ2n) is 10.8.